The number of rotatable bonds is 11. The quantitative estimate of drug-likeness (QED) is 0.318. The molecule has 0 unspecified atom stereocenters. The van der Waals surface area contributed by atoms with Gasteiger partial charge in [0, 0.05) is 45.4 Å². The molecule has 1 aromatic rings. The third kappa shape index (κ3) is 6.27. The van der Waals surface area contributed by atoms with E-state index in [1.807, 2.05) is 11.8 Å². The second-order valence-corrected chi connectivity index (χ2v) is 6.33. The molecule has 0 amide bonds. The first-order valence-electron chi connectivity index (χ1n) is 9.02. The van der Waals surface area contributed by atoms with Crippen molar-refractivity contribution in [1.29, 1.82) is 0 Å². The zero-order valence-electron chi connectivity index (χ0n) is 17.2. The number of nitrogens with zero attached hydrogens (tertiary/aromatic N) is 3. The number of halogens is 3. The molecule has 160 valence electrons. The normalized spacial score (nSPS) is 12.9. The fraction of sp³-hybridized carbons (Fsp3) is 0.400. The number of hydrogen-bond donors (Lipinski definition) is 2. The Bertz CT molecular complexity index is 808. The highest BCUT2D eigenvalue weighted by Gasteiger charge is 2.21. The number of nitrogens with one attached hydrogen (secondary N) is 1. The van der Waals surface area contributed by atoms with Gasteiger partial charge >= 0.3 is 0 Å². The molecule has 0 atom stereocenters. The number of nitrogens with two attached hydrogens (primary N) is 1. The van der Waals surface area contributed by atoms with Gasteiger partial charge in [-0.05, 0) is 13.0 Å². The number of amidine groups is 1. The van der Waals surface area contributed by atoms with Gasteiger partial charge in [0.1, 0.15) is 29.8 Å². The SMILES string of the molecule is C=C(Cl)/C(F)=C(\C=C/CF)c1cc(N(CC)CCOC)nc(C(N)=NC)c1NC. The first kappa shape index (κ1) is 24.6. The van der Waals surface area contributed by atoms with Crippen molar-refractivity contribution in [2.45, 2.75) is 6.92 Å². The van der Waals surface area contributed by atoms with Crippen molar-refractivity contribution >= 4 is 34.5 Å². The van der Waals surface area contributed by atoms with Crippen LogP contribution in [0, 0.1) is 0 Å². The summed E-state index contributed by atoms with van der Waals surface area (Å²) in [4.78, 5) is 10.6. The molecule has 0 saturated carbocycles. The Morgan fingerprint density at radius 1 is 1.52 bits per heavy atom. The van der Waals surface area contributed by atoms with E-state index in [4.69, 9.17) is 22.1 Å². The van der Waals surface area contributed by atoms with Crippen LogP contribution in [0.1, 0.15) is 18.2 Å². The monoisotopic (exact) mass is 427 g/mol. The van der Waals surface area contributed by atoms with Gasteiger partial charge in [-0.15, -0.1) is 0 Å². The minimum absolute atomic E-state index is 0.0589. The summed E-state index contributed by atoms with van der Waals surface area (Å²) < 4.78 is 32.8. The summed E-state index contributed by atoms with van der Waals surface area (Å²) in [5.41, 5.74) is 7.30. The van der Waals surface area contributed by atoms with E-state index in [0.717, 1.165) is 0 Å². The fourth-order valence-corrected chi connectivity index (χ4v) is 2.78. The number of anilines is 2. The topological polar surface area (TPSA) is 75.8 Å². The number of aromatic nitrogens is 1. The van der Waals surface area contributed by atoms with Crippen LogP contribution in [-0.2, 0) is 4.74 Å². The Balaban J connectivity index is 3.90. The molecule has 29 heavy (non-hydrogen) atoms. The first-order chi connectivity index (χ1) is 13.9. The number of alkyl halides is 1. The molecule has 3 N–H and O–H groups in total. The van der Waals surface area contributed by atoms with Crippen LogP contribution in [0.2, 0.25) is 0 Å². The highest BCUT2D eigenvalue weighted by Crippen LogP contribution is 2.35. The predicted molar refractivity (Wildman–Crippen MR) is 118 cm³/mol. The lowest BCUT2D eigenvalue weighted by molar-refractivity contribution is 0.205. The van der Waals surface area contributed by atoms with Crippen LogP contribution in [0.15, 0.2) is 40.6 Å². The van der Waals surface area contributed by atoms with E-state index in [1.165, 1.54) is 19.2 Å². The number of allylic oxidation sites excluding steroid dienone is 5. The molecule has 0 spiro atoms. The van der Waals surface area contributed by atoms with Gasteiger partial charge in [0.25, 0.3) is 0 Å². The zero-order chi connectivity index (χ0) is 22.0. The van der Waals surface area contributed by atoms with Gasteiger partial charge in [-0.3, -0.25) is 4.99 Å². The van der Waals surface area contributed by atoms with Gasteiger partial charge in [-0.1, -0.05) is 30.3 Å². The van der Waals surface area contributed by atoms with E-state index >= 15 is 0 Å². The molecule has 0 aliphatic heterocycles. The molecule has 0 fully saturated rings. The Labute approximate surface area is 175 Å². The largest absolute Gasteiger partial charge is 0.386 e. The van der Waals surface area contributed by atoms with Crippen molar-refractivity contribution in [3.8, 4) is 0 Å². The number of methoxy groups -OCH3 is 1. The Morgan fingerprint density at radius 2 is 2.21 bits per heavy atom. The Morgan fingerprint density at radius 3 is 2.69 bits per heavy atom. The molecule has 1 heterocycles. The lowest BCUT2D eigenvalue weighted by atomic mass is 10.0. The molecule has 6 nitrogen and oxygen atoms in total. The second-order valence-electron chi connectivity index (χ2n) is 5.87. The van der Waals surface area contributed by atoms with Gasteiger partial charge in [0.05, 0.1) is 17.3 Å². The number of likely N-dealkylation sites (N-methyl/N-ethyl adjacent to an activating group) is 1. The Hall–Kier alpha value is -2.45. The van der Waals surface area contributed by atoms with Crippen LogP contribution >= 0.6 is 11.6 Å². The third-order valence-corrected chi connectivity index (χ3v) is 4.31. The first-order valence-corrected chi connectivity index (χ1v) is 9.40. The maximum absolute atomic E-state index is 14.9. The standard InChI is InChI=1S/C20H28ClF2N5O/c1-6-28(10-11-29-5)16-12-15(14(8-7-9-22)17(23)13(2)21)18(25-3)19(27-16)20(24)26-4/h7-8,12,25H,2,6,9-11H2,1,3-5H3,(H2,24,26)/b8-7-,17-14-. The smallest absolute Gasteiger partial charge is 0.149 e. The van der Waals surface area contributed by atoms with Crippen LogP contribution in [0.3, 0.4) is 0 Å². The molecule has 0 bridgehead atoms. The van der Waals surface area contributed by atoms with Gasteiger partial charge in [0.2, 0.25) is 0 Å². The lowest BCUT2D eigenvalue weighted by Gasteiger charge is -2.25. The summed E-state index contributed by atoms with van der Waals surface area (Å²) >= 11 is 5.81. The highest BCUT2D eigenvalue weighted by molar-refractivity contribution is 6.32. The minimum Gasteiger partial charge on any atom is -0.386 e. The highest BCUT2D eigenvalue weighted by atomic mass is 35.5. The van der Waals surface area contributed by atoms with Gasteiger partial charge in [-0.25, -0.2) is 13.8 Å². The molecular formula is C20H28ClF2N5O. The molecule has 0 saturated heterocycles. The van der Waals surface area contributed by atoms with Gasteiger partial charge in [-0.2, -0.15) is 0 Å². The van der Waals surface area contributed by atoms with Crippen molar-refractivity contribution < 1.29 is 13.5 Å². The predicted octanol–water partition coefficient (Wildman–Crippen LogP) is 3.89. The minimum atomic E-state index is -0.775. The summed E-state index contributed by atoms with van der Waals surface area (Å²) in [5, 5.41) is 2.69. The molecule has 9 heteroatoms. The maximum atomic E-state index is 14.9. The van der Waals surface area contributed by atoms with Gasteiger partial charge in [0.15, 0.2) is 0 Å². The molecule has 0 radical (unpaired) electrons. The van der Waals surface area contributed by atoms with E-state index in [1.54, 1.807) is 20.2 Å². The lowest BCUT2D eigenvalue weighted by Crippen LogP contribution is -2.29. The van der Waals surface area contributed by atoms with Crippen LogP contribution in [-0.4, -0.2) is 58.4 Å². The summed E-state index contributed by atoms with van der Waals surface area (Å²) in [7, 11) is 4.79. The molecular weight excluding hydrogens is 400 g/mol. The molecule has 0 aliphatic rings. The van der Waals surface area contributed by atoms with Crippen molar-refractivity contribution in [2.75, 3.05) is 57.8 Å². The number of hydrogen-bond acceptors (Lipinski definition) is 5. The summed E-state index contributed by atoms with van der Waals surface area (Å²) in [6.07, 6.45) is 2.51. The van der Waals surface area contributed by atoms with E-state index < -0.39 is 12.5 Å². The van der Waals surface area contributed by atoms with Crippen molar-refractivity contribution in [2.24, 2.45) is 10.7 Å². The van der Waals surface area contributed by atoms with Crippen molar-refractivity contribution in [3.63, 3.8) is 0 Å². The van der Waals surface area contributed by atoms with Crippen LogP contribution < -0.4 is 16.0 Å². The van der Waals surface area contributed by atoms with Crippen LogP contribution in [0.4, 0.5) is 20.3 Å². The van der Waals surface area contributed by atoms with E-state index in [-0.39, 0.29) is 16.4 Å². The number of aliphatic imine (C=N–C) groups is 1. The molecule has 1 rings (SSSR count). The fourth-order valence-electron chi connectivity index (χ4n) is 2.68. The third-order valence-electron chi connectivity index (χ3n) is 4.15. The van der Waals surface area contributed by atoms with E-state index in [9.17, 15) is 8.78 Å². The average Bonchev–Trinajstić information content (AvgIpc) is 2.73. The maximum Gasteiger partial charge on any atom is 0.149 e. The summed E-state index contributed by atoms with van der Waals surface area (Å²) in [5.74, 6) is -0.0682. The number of pyridine rings is 1. The van der Waals surface area contributed by atoms with Crippen LogP contribution in [0.25, 0.3) is 5.57 Å². The molecule has 0 aliphatic carbocycles. The summed E-state index contributed by atoms with van der Waals surface area (Å²) in [6.45, 7) is 6.30. The van der Waals surface area contributed by atoms with Crippen LogP contribution in [0.5, 0.6) is 0 Å². The van der Waals surface area contributed by atoms with E-state index in [0.29, 0.717) is 42.5 Å². The average molecular weight is 428 g/mol. The summed E-state index contributed by atoms with van der Waals surface area (Å²) in [6, 6.07) is 1.69. The molecule has 0 aromatic carbocycles. The second kappa shape index (κ2) is 12.2. The Kier molecular flexibility index (Phi) is 10.3. The van der Waals surface area contributed by atoms with Gasteiger partial charge < -0.3 is 20.7 Å². The van der Waals surface area contributed by atoms with E-state index in [2.05, 4.69) is 21.9 Å². The van der Waals surface area contributed by atoms with Crippen molar-refractivity contribution in [3.05, 3.63) is 46.9 Å². The zero-order valence-corrected chi connectivity index (χ0v) is 18.0. The van der Waals surface area contributed by atoms with Crippen molar-refractivity contribution in [1.82, 2.24) is 4.98 Å². The number of ether oxygens (including phenoxy) is 1. The molecule has 1 aromatic heterocycles.